The van der Waals surface area contributed by atoms with Crippen molar-refractivity contribution in [3.05, 3.63) is 41.2 Å². The quantitative estimate of drug-likeness (QED) is 0.126. The van der Waals surface area contributed by atoms with Crippen LogP contribution in [0.15, 0.2) is 35.7 Å². The number of aliphatic hydroxyl groups excluding tert-OH is 1. The van der Waals surface area contributed by atoms with E-state index in [0.29, 0.717) is 11.2 Å². The molecule has 2 aliphatic heterocycles. The molecule has 0 spiro atoms. The fraction of sp³-hybridized carbons (Fsp3) is 0.429. The maximum atomic E-state index is 13.1. The first-order valence-corrected chi connectivity index (χ1v) is 15.6. The van der Waals surface area contributed by atoms with E-state index in [1.165, 1.54) is 29.6 Å². The van der Waals surface area contributed by atoms with Crippen molar-refractivity contribution < 1.29 is 42.5 Å². The smallest absolute Gasteiger partial charge is 0.351 e. The zero-order chi connectivity index (χ0) is 30.5. The number of H-pyrrole nitrogens is 1. The van der Waals surface area contributed by atoms with Gasteiger partial charge in [0.05, 0.1) is 19.3 Å². The molecule has 0 amide bonds. The van der Waals surface area contributed by atoms with Gasteiger partial charge in [0.2, 0.25) is 5.95 Å². The molecular formula is C21H26N10O10P2. The minimum Gasteiger partial charge on any atom is -0.394 e. The number of hydrogen-bond acceptors (Lipinski definition) is 15. The van der Waals surface area contributed by atoms with Crippen molar-refractivity contribution in [2.24, 2.45) is 0 Å². The van der Waals surface area contributed by atoms with E-state index < -0.39 is 64.9 Å². The number of aromatic nitrogens is 8. The molecule has 6 heterocycles. The van der Waals surface area contributed by atoms with E-state index in [2.05, 4.69) is 29.9 Å². The number of nitrogens with zero attached hydrogens (tertiary/aromatic N) is 7. The maximum Gasteiger partial charge on any atom is 0.351 e. The summed E-state index contributed by atoms with van der Waals surface area (Å²) in [5.74, 6) is 0.879. The summed E-state index contributed by atoms with van der Waals surface area (Å²) in [5.41, 5.74) is 11.8. The normalized spacial score (nSPS) is 28.3. The van der Waals surface area contributed by atoms with Gasteiger partial charge in [-0.25, -0.2) is 19.9 Å². The minimum atomic E-state index is -4.51. The zero-order valence-corrected chi connectivity index (χ0v) is 23.8. The molecule has 230 valence electrons. The Morgan fingerprint density at radius 1 is 1.09 bits per heavy atom. The third kappa shape index (κ3) is 5.84. The lowest BCUT2D eigenvalue weighted by Crippen LogP contribution is -2.27. The van der Waals surface area contributed by atoms with Gasteiger partial charge in [0, 0.05) is 18.7 Å². The molecule has 0 radical (unpaired) electrons. The van der Waals surface area contributed by atoms with Gasteiger partial charge < -0.3 is 40.4 Å². The molecule has 0 saturated carbocycles. The molecule has 0 aliphatic carbocycles. The van der Waals surface area contributed by atoms with Gasteiger partial charge in [-0.05, 0) is 6.08 Å². The highest BCUT2D eigenvalue weighted by atomic mass is 31.2. The molecule has 2 unspecified atom stereocenters. The Kier molecular flexibility index (Phi) is 7.88. The second kappa shape index (κ2) is 11.5. The van der Waals surface area contributed by atoms with Gasteiger partial charge in [0.15, 0.2) is 22.6 Å². The number of aromatic amines is 1. The van der Waals surface area contributed by atoms with Gasteiger partial charge in [-0.2, -0.15) is 4.98 Å². The van der Waals surface area contributed by atoms with Crippen LogP contribution in [0.2, 0.25) is 0 Å². The third-order valence-corrected chi connectivity index (χ3v) is 8.56. The first-order valence-electron chi connectivity index (χ1n) is 12.7. The highest BCUT2D eigenvalue weighted by Crippen LogP contribution is 2.49. The number of aliphatic hydroxyl groups is 1. The molecular weight excluding hydrogens is 614 g/mol. The van der Waals surface area contributed by atoms with Crippen LogP contribution in [-0.4, -0.2) is 85.0 Å². The van der Waals surface area contributed by atoms with Crippen molar-refractivity contribution in [2.75, 3.05) is 18.1 Å². The van der Waals surface area contributed by atoms with E-state index in [4.69, 9.17) is 30.0 Å². The number of fused-ring (bicyclic) bond motifs is 2. The average molecular weight is 640 g/mol. The Balaban J connectivity index is 1.18. The monoisotopic (exact) mass is 640 g/mol. The van der Waals surface area contributed by atoms with Crippen LogP contribution < -0.4 is 17.0 Å². The molecule has 4 aromatic rings. The molecule has 0 bridgehead atoms. The Morgan fingerprint density at radius 2 is 1.79 bits per heavy atom. The molecule has 6 rings (SSSR count). The van der Waals surface area contributed by atoms with Crippen molar-refractivity contribution in [3.8, 4) is 0 Å². The third-order valence-electron chi connectivity index (χ3n) is 6.94. The SMILES string of the molecule is Nc1nc2c(ncn2[C@H]2C[C@H](OP(=O)(O)/C=C/[C@H]3O[C@@H](n4cnc5c(N)ncnc54)C[C@@H]3O[PH](=O)O)[C@@H](CO)O2)c(=O)[nH]1. The molecule has 22 heteroatoms. The molecule has 2 aliphatic rings. The molecule has 4 aromatic heterocycles. The summed E-state index contributed by atoms with van der Waals surface area (Å²) < 4.78 is 50.0. The van der Waals surface area contributed by atoms with Crippen LogP contribution in [0.25, 0.3) is 22.3 Å². The largest absolute Gasteiger partial charge is 0.394 e. The molecule has 20 nitrogen and oxygen atoms in total. The van der Waals surface area contributed by atoms with Gasteiger partial charge in [0.1, 0.15) is 48.7 Å². The second-order valence-electron chi connectivity index (χ2n) is 9.67. The molecule has 43 heavy (non-hydrogen) atoms. The summed E-state index contributed by atoms with van der Waals surface area (Å²) in [5, 5.41) is 9.86. The van der Waals surface area contributed by atoms with Crippen LogP contribution in [0.1, 0.15) is 25.3 Å². The number of rotatable bonds is 9. The fourth-order valence-corrected chi connectivity index (χ4v) is 6.61. The summed E-state index contributed by atoms with van der Waals surface area (Å²) in [4.78, 5) is 54.9. The fourth-order valence-electron chi connectivity index (χ4n) is 5.05. The molecule has 2 fully saturated rings. The van der Waals surface area contributed by atoms with Crippen molar-refractivity contribution >= 4 is 49.9 Å². The van der Waals surface area contributed by atoms with Crippen LogP contribution >= 0.6 is 15.9 Å². The Labute approximate surface area is 240 Å². The molecule has 8 atom stereocenters. The molecule has 8 N–H and O–H groups in total. The van der Waals surface area contributed by atoms with Crippen LogP contribution in [0.4, 0.5) is 11.8 Å². The van der Waals surface area contributed by atoms with Crippen LogP contribution in [0.3, 0.4) is 0 Å². The Morgan fingerprint density at radius 3 is 2.53 bits per heavy atom. The number of nitrogens with two attached hydrogens (primary N) is 2. The van der Waals surface area contributed by atoms with Crippen molar-refractivity contribution in [1.29, 1.82) is 0 Å². The summed E-state index contributed by atoms with van der Waals surface area (Å²) in [6.07, 6.45) is -0.495. The second-order valence-corrected chi connectivity index (χ2v) is 12.1. The summed E-state index contributed by atoms with van der Waals surface area (Å²) in [6, 6.07) is 0. The first-order chi connectivity index (χ1) is 20.5. The summed E-state index contributed by atoms with van der Waals surface area (Å²) in [6.45, 7) is -0.547. The zero-order valence-electron chi connectivity index (χ0n) is 21.9. The van der Waals surface area contributed by atoms with Gasteiger partial charge in [-0.3, -0.25) is 32.6 Å². The van der Waals surface area contributed by atoms with Gasteiger partial charge >= 0.3 is 15.9 Å². The van der Waals surface area contributed by atoms with Crippen LogP contribution in [0, 0.1) is 0 Å². The topological polar surface area (TPSA) is 291 Å². The molecule has 2 saturated heterocycles. The Bertz CT molecular complexity index is 1830. The summed E-state index contributed by atoms with van der Waals surface area (Å²) >= 11 is 0. The number of anilines is 2. The van der Waals surface area contributed by atoms with E-state index in [1.807, 2.05) is 0 Å². The number of hydrogen-bond donors (Lipinski definition) is 6. The number of nitrogens with one attached hydrogen (secondary N) is 1. The highest BCUT2D eigenvalue weighted by molar-refractivity contribution is 7.56. The van der Waals surface area contributed by atoms with Crippen LogP contribution in [0.5, 0.6) is 0 Å². The van der Waals surface area contributed by atoms with Crippen molar-refractivity contribution in [3.63, 3.8) is 0 Å². The Hall–Kier alpha value is -3.58. The van der Waals surface area contributed by atoms with E-state index in [0.717, 1.165) is 5.82 Å². The van der Waals surface area contributed by atoms with Crippen molar-refractivity contribution in [2.45, 2.75) is 49.7 Å². The first kappa shape index (κ1) is 29.5. The van der Waals surface area contributed by atoms with Crippen molar-refractivity contribution in [1.82, 2.24) is 39.0 Å². The molecule has 0 aromatic carbocycles. The number of nitrogen functional groups attached to an aromatic ring is 2. The van der Waals surface area contributed by atoms with Gasteiger partial charge in [0.25, 0.3) is 5.56 Å². The van der Waals surface area contributed by atoms with E-state index in [9.17, 15) is 28.8 Å². The standard InChI is InChI=1S/C21H26N10O10P2/c22-17-15-18(25-6-24-17)30(7-26-15)13-3-10(40-42(34)35)9(38-13)1-2-43(36,37)41-11-4-14(39-12(11)5-32)31-8-27-16-19(31)28-21(23)29-20(16)33/h1-2,6-14,32,42H,3-5H2,(H,34,35)(H,36,37)(H2,22,24,25)(H3,23,28,29,33)/b2-1+/t9-,10+,11+,12-,13-,14-/m1/s1. The maximum absolute atomic E-state index is 13.1. The minimum absolute atomic E-state index is 0.00942. The average Bonchev–Trinajstić information content (AvgIpc) is 3.72. The number of imidazole rings is 2. The number of ether oxygens (including phenoxy) is 2. The van der Waals surface area contributed by atoms with E-state index >= 15 is 0 Å². The van der Waals surface area contributed by atoms with E-state index in [-0.39, 0.29) is 35.8 Å². The lowest BCUT2D eigenvalue weighted by atomic mass is 10.2. The highest BCUT2D eigenvalue weighted by Gasteiger charge is 2.42. The van der Waals surface area contributed by atoms with E-state index in [1.54, 1.807) is 4.57 Å². The predicted octanol–water partition coefficient (Wildman–Crippen LogP) is -0.457. The van der Waals surface area contributed by atoms with Crippen LogP contribution in [-0.2, 0) is 27.7 Å². The van der Waals surface area contributed by atoms with Gasteiger partial charge in [-0.1, -0.05) is 0 Å². The van der Waals surface area contributed by atoms with Gasteiger partial charge in [-0.15, -0.1) is 0 Å². The predicted molar refractivity (Wildman–Crippen MR) is 146 cm³/mol. The lowest BCUT2D eigenvalue weighted by molar-refractivity contribution is -0.0400. The summed E-state index contributed by atoms with van der Waals surface area (Å²) in [7, 11) is -7.91. The lowest BCUT2D eigenvalue weighted by Gasteiger charge is -2.19.